The van der Waals surface area contributed by atoms with Crippen molar-refractivity contribution in [1.29, 1.82) is 0 Å². The minimum atomic E-state index is 0.601. The number of hydrogen-bond donors (Lipinski definition) is 0. The molecule has 0 saturated heterocycles. The third-order valence-corrected chi connectivity index (χ3v) is 2.71. The quantitative estimate of drug-likeness (QED) is 0.687. The van der Waals surface area contributed by atoms with Crippen molar-refractivity contribution in [2.45, 2.75) is 26.3 Å². The van der Waals surface area contributed by atoms with Crippen LogP contribution in [0.4, 0.5) is 0 Å². The zero-order chi connectivity index (χ0) is 9.97. The van der Waals surface area contributed by atoms with E-state index >= 15 is 0 Å². The fraction of sp³-hybridized carbons (Fsp3) is 0.385. The molecule has 1 nitrogen and oxygen atoms in total. The SMILES string of the molecule is CC(C)N1CCC=C1c1ccccc1. The molecular formula is C13H17N. The molecule has 1 heterocycles. The van der Waals surface area contributed by atoms with Gasteiger partial charge in [-0.1, -0.05) is 36.4 Å². The van der Waals surface area contributed by atoms with Crippen molar-refractivity contribution in [3.05, 3.63) is 42.0 Å². The Morgan fingerprint density at radius 2 is 1.86 bits per heavy atom. The summed E-state index contributed by atoms with van der Waals surface area (Å²) in [6.45, 7) is 5.67. The standard InChI is InChI=1S/C13H17N/c1-11(2)14-10-6-9-13(14)12-7-4-3-5-8-12/h3-5,7-9,11H,6,10H2,1-2H3. The first-order chi connectivity index (χ1) is 6.79. The summed E-state index contributed by atoms with van der Waals surface area (Å²) >= 11 is 0. The molecule has 0 aliphatic carbocycles. The van der Waals surface area contributed by atoms with Crippen LogP contribution in [-0.4, -0.2) is 17.5 Å². The Morgan fingerprint density at radius 1 is 1.14 bits per heavy atom. The van der Waals surface area contributed by atoms with Gasteiger partial charge in [0.2, 0.25) is 0 Å². The van der Waals surface area contributed by atoms with E-state index < -0.39 is 0 Å². The van der Waals surface area contributed by atoms with Gasteiger partial charge in [-0.15, -0.1) is 0 Å². The summed E-state index contributed by atoms with van der Waals surface area (Å²) in [7, 11) is 0. The van der Waals surface area contributed by atoms with E-state index in [-0.39, 0.29) is 0 Å². The first-order valence-electron chi connectivity index (χ1n) is 5.31. The lowest BCUT2D eigenvalue weighted by Gasteiger charge is -2.26. The molecule has 0 unspecified atom stereocenters. The van der Waals surface area contributed by atoms with Crippen LogP contribution in [0.25, 0.3) is 5.70 Å². The highest BCUT2D eigenvalue weighted by atomic mass is 15.2. The molecule has 0 aromatic heterocycles. The first-order valence-corrected chi connectivity index (χ1v) is 5.31. The van der Waals surface area contributed by atoms with Crippen LogP contribution in [0.3, 0.4) is 0 Å². The van der Waals surface area contributed by atoms with Crippen molar-refractivity contribution in [3.63, 3.8) is 0 Å². The maximum absolute atomic E-state index is 2.47. The topological polar surface area (TPSA) is 3.24 Å². The Hall–Kier alpha value is -1.24. The van der Waals surface area contributed by atoms with Gasteiger partial charge in [0.25, 0.3) is 0 Å². The Kier molecular flexibility index (Phi) is 2.58. The molecule has 1 aromatic carbocycles. The van der Waals surface area contributed by atoms with Crippen molar-refractivity contribution >= 4 is 5.70 Å². The van der Waals surface area contributed by atoms with E-state index in [1.54, 1.807) is 0 Å². The summed E-state index contributed by atoms with van der Waals surface area (Å²) in [6, 6.07) is 11.3. The summed E-state index contributed by atoms with van der Waals surface area (Å²) < 4.78 is 0. The summed E-state index contributed by atoms with van der Waals surface area (Å²) in [5, 5.41) is 0. The van der Waals surface area contributed by atoms with E-state index in [1.807, 2.05) is 0 Å². The van der Waals surface area contributed by atoms with Crippen LogP contribution in [0.1, 0.15) is 25.8 Å². The van der Waals surface area contributed by atoms with Crippen molar-refractivity contribution in [3.8, 4) is 0 Å². The van der Waals surface area contributed by atoms with Gasteiger partial charge in [0, 0.05) is 18.3 Å². The summed E-state index contributed by atoms with van der Waals surface area (Å²) in [5.74, 6) is 0. The van der Waals surface area contributed by atoms with Gasteiger partial charge in [-0.3, -0.25) is 0 Å². The third-order valence-electron chi connectivity index (χ3n) is 2.71. The van der Waals surface area contributed by atoms with Crippen molar-refractivity contribution in [2.75, 3.05) is 6.54 Å². The lowest BCUT2D eigenvalue weighted by Crippen LogP contribution is -2.26. The van der Waals surface area contributed by atoms with E-state index in [0.717, 1.165) is 0 Å². The molecule has 0 atom stereocenters. The highest BCUT2D eigenvalue weighted by Crippen LogP contribution is 2.26. The van der Waals surface area contributed by atoms with Gasteiger partial charge in [-0.25, -0.2) is 0 Å². The summed E-state index contributed by atoms with van der Waals surface area (Å²) in [5.41, 5.74) is 2.75. The van der Waals surface area contributed by atoms with Gasteiger partial charge in [-0.05, 0) is 25.8 Å². The lowest BCUT2D eigenvalue weighted by molar-refractivity contribution is 0.353. The molecule has 0 fully saturated rings. The molecule has 0 saturated carbocycles. The third kappa shape index (κ3) is 1.67. The second kappa shape index (κ2) is 3.87. The number of rotatable bonds is 2. The number of hydrogen-bond acceptors (Lipinski definition) is 1. The van der Waals surface area contributed by atoms with Crippen LogP contribution < -0.4 is 0 Å². The van der Waals surface area contributed by atoms with E-state index in [4.69, 9.17) is 0 Å². The van der Waals surface area contributed by atoms with Crippen LogP contribution in [-0.2, 0) is 0 Å². The predicted molar refractivity (Wildman–Crippen MR) is 60.9 cm³/mol. The second-order valence-corrected chi connectivity index (χ2v) is 4.03. The summed E-state index contributed by atoms with van der Waals surface area (Å²) in [6.07, 6.45) is 3.53. The number of benzene rings is 1. The number of nitrogens with zero attached hydrogens (tertiary/aromatic N) is 1. The van der Waals surface area contributed by atoms with Gasteiger partial charge in [0.15, 0.2) is 0 Å². The first kappa shape index (κ1) is 9.32. The molecular weight excluding hydrogens is 170 g/mol. The van der Waals surface area contributed by atoms with Gasteiger partial charge < -0.3 is 4.90 Å². The zero-order valence-electron chi connectivity index (χ0n) is 8.90. The smallest absolute Gasteiger partial charge is 0.0402 e. The maximum Gasteiger partial charge on any atom is 0.0402 e. The van der Waals surface area contributed by atoms with Crippen LogP contribution >= 0.6 is 0 Å². The molecule has 0 N–H and O–H groups in total. The van der Waals surface area contributed by atoms with Crippen molar-refractivity contribution < 1.29 is 0 Å². The van der Waals surface area contributed by atoms with Crippen molar-refractivity contribution in [1.82, 2.24) is 4.90 Å². The fourth-order valence-electron chi connectivity index (χ4n) is 2.01. The fourth-order valence-corrected chi connectivity index (χ4v) is 2.01. The van der Waals surface area contributed by atoms with Crippen LogP contribution in [0, 0.1) is 0 Å². The molecule has 0 spiro atoms. The van der Waals surface area contributed by atoms with Crippen LogP contribution in [0.15, 0.2) is 36.4 Å². The Bertz CT molecular complexity index is 324. The molecule has 0 radical (unpaired) electrons. The Balaban J connectivity index is 2.26. The van der Waals surface area contributed by atoms with Crippen molar-refractivity contribution in [2.24, 2.45) is 0 Å². The Morgan fingerprint density at radius 3 is 2.50 bits per heavy atom. The largest absolute Gasteiger partial charge is 0.369 e. The average molecular weight is 187 g/mol. The van der Waals surface area contributed by atoms with E-state index in [9.17, 15) is 0 Å². The van der Waals surface area contributed by atoms with Gasteiger partial charge in [0.1, 0.15) is 0 Å². The highest BCUT2D eigenvalue weighted by Gasteiger charge is 2.18. The molecule has 14 heavy (non-hydrogen) atoms. The highest BCUT2D eigenvalue weighted by molar-refractivity contribution is 5.65. The zero-order valence-corrected chi connectivity index (χ0v) is 8.90. The Labute approximate surface area is 86.1 Å². The molecule has 0 amide bonds. The molecule has 2 rings (SSSR count). The average Bonchev–Trinajstić information content (AvgIpc) is 2.67. The van der Waals surface area contributed by atoms with E-state index in [0.29, 0.717) is 6.04 Å². The minimum absolute atomic E-state index is 0.601. The molecule has 0 bridgehead atoms. The second-order valence-electron chi connectivity index (χ2n) is 4.03. The molecule has 74 valence electrons. The van der Waals surface area contributed by atoms with Gasteiger partial charge in [0.05, 0.1) is 0 Å². The van der Waals surface area contributed by atoms with E-state index in [2.05, 4.69) is 55.2 Å². The molecule has 1 aliphatic heterocycles. The van der Waals surface area contributed by atoms with Crippen LogP contribution in [0.2, 0.25) is 0 Å². The normalized spacial score (nSPS) is 16.2. The predicted octanol–water partition coefficient (Wildman–Crippen LogP) is 3.14. The van der Waals surface area contributed by atoms with Crippen LogP contribution in [0.5, 0.6) is 0 Å². The summed E-state index contributed by atoms with van der Waals surface area (Å²) in [4.78, 5) is 2.47. The molecule has 1 heteroatoms. The molecule has 1 aliphatic rings. The maximum atomic E-state index is 2.47. The minimum Gasteiger partial charge on any atom is -0.369 e. The van der Waals surface area contributed by atoms with E-state index in [1.165, 1.54) is 24.2 Å². The lowest BCUT2D eigenvalue weighted by atomic mass is 10.1. The van der Waals surface area contributed by atoms with Gasteiger partial charge >= 0.3 is 0 Å². The van der Waals surface area contributed by atoms with Gasteiger partial charge in [-0.2, -0.15) is 0 Å². The monoisotopic (exact) mass is 187 g/mol. The molecule has 1 aromatic rings.